The molecule has 0 aliphatic carbocycles. The van der Waals surface area contributed by atoms with Crippen LogP contribution in [0, 0.1) is 17.0 Å². The minimum absolute atomic E-state index is 0.0717. The van der Waals surface area contributed by atoms with Crippen LogP contribution in [0.1, 0.15) is 23.6 Å². The largest absolute Gasteiger partial charge is 0.490 e. The zero-order chi connectivity index (χ0) is 24.3. The SMILES string of the molecule is CCOc1cc(/C=N\OC(=O)COc2ccc([N+](=O)[O-])cc2)ccc1OCc1ccccc1C. The molecule has 0 amide bonds. The summed E-state index contributed by atoms with van der Waals surface area (Å²) < 4.78 is 16.9. The molecule has 0 aliphatic heterocycles. The van der Waals surface area contributed by atoms with E-state index in [1.54, 1.807) is 18.2 Å². The van der Waals surface area contributed by atoms with Crippen LogP contribution >= 0.6 is 0 Å². The molecule has 0 spiro atoms. The van der Waals surface area contributed by atoms with E-state index in [9.17, 15) is 14.9 Å². The average Bonchev–Trinajstić information content (AvgIpc) is 2.83. The number of oxime groups is 1. The zero-order valence-electron chi connectivity index (χ0n) is 18.8. The van der Waals surface area contributed by atoms with Crippen molar-refractivity contribution in [1.29, 1.82) is 0 Å². The number of hydrogen-bond acceptors (Lipinski definition) is 8. The summed E-state index contributed by atoms with van der Waals surface area (Å²) in [5.74, 6) is 0.718. The number of nitro benzene ring substituents is 1. The standard InChI is InChI=1S/C25H24N2O7/c1-3-31-24-14-19(8-13-23(24)33-16-20-7-5-4-6-18(20)2)15-26-34-25(28)17-32-22-11-9-21(10-12-22)27(29)30/h4-15H,3,16-17H2,1-2H3/b26-15-. The highest BCUT2D eigenvalue weighted by Crippen LogP contribution is 2.29. The van der Waals surface area contributed by atoms with Crippen molar-refractivity contribution in [3.8, 4) is 17.2 Å². The summed E-state index contributed by atoms with van der Waals surface area (Å²) in [5.41, 5.74) is 2.80. The minimum atomic E-state index is -0.724. The van der Waals surface area contributed by atoms with Crippen LogP contribution in [0.5, 0.6) is 17.2 Å². The van der Waals surface area contributed by atoms with Crippen LogP contribution in [0.25, 0.3) is 0 Å². The Kier molecular flexibility index (Phi) is 8.56. The van der Waals surface area contributed by atoms with E-state index >= 15 is 0 Å². The molecule has 0 saturated carbocycles. The molecule has 0 saturated heterocycles. The Morgan fingerprint density at radius 1 is 1.00 bits per heavy atom. The summed E-state index contributed by atoms with van der Waals surface area (Å²) in [6, 6.07) is 18.6. The number of aryl methyl sites for hydroxylation is 1. The molecule has 0 atom stereocenters. The predicted molar refractivity (Wildman–Crippen MR) is 125 cm³/mol. The topological polar surface area (TPSA) is 109 Å². The first-order valence-electron chi connectivity index (χ1n) is 10.5. The Hall–Kier alpha value is -4.40. The quantitative estimate of drug-likeness (QED) is 0.173. The molecule has 3 aromatic carbocycles. The first-order valence-corrected chi connectivity index (χ1v) is 10.5. The van der Waals surface area contributed by atoms with E-state index in [1.165, 1.54) is 30.5 Å². The van der Waals surface area contributed by atoms with E-state index in [4.69, 9.17) is 19.0 Å². The summed E-state index contributed by atoms with van der Waals surface area (Å²) >= 11 is 0. The lowest BCUT2D eigenvalue weighted by Crippen LogP contribution is -2.12. The van der Waals surface area contributed by atoms with Gasteiger partial charge in [-0.15, -0.1) is 0 Å². The minimum Gasteiger partial charge on any atom is -0.490 e. The third-order valence-corrected chi connectivity index (χ3v) is 4.67. The number of benzene rings is 3. The Labute approximate surface area is 196 Å². The number of hydrogen-bond donors (Lipinski definition) is 0. The van der Waals surface area contributed by atoms with Gasteiger partial charge in [-0.3, -0.25) is 10.1 Å². The smallest absolute Gasteiger partial charge is 0.372 e. The van der Waals surface area contributed by atoms with Gasteiger partial charge in [0.1, 0.15) is 12.4 Å². The van der Waals surface area contributed by atoms with E-state index < -0.39 is 17.5 Å². The van der Waals surface area contributed by atoms with Crippen LogP contribution in [0.4, 0.5) is 5.69 Å². The molecule has 0 unspecified atom stereocenters. The fourth-order valence-corrected chi connectivity index (χ4v) is 2.90. The summed E-state index contributed by atoms with van der Waals surface area (Å²) in [4.78, 5) is 26.8. The number of carbonyl (C=O) groups excluding carboxylic acids is 1. The molecule has 176 valence electrons. The first kappa shape index (κ1) is 24.2. The lowest BCUT2D eigenvalue weighted by molar-refractivity contribution is -0.384. The van der Waals surface area contributed by atoms with E-state index in [2.05, 4.69) is 5.16 Å². The number of nitro groups is 1. The monoisotopic (exact) mass is 464 g/mol. The maximum Gasteiger partial charge on any atom is 0.372 e. The lowest BCUT2D eigenvalue weighted by Gasteiger charge is -2.13. The van der Waals surface area contributed by atoms with Crippen LogP contribution in [-0.2, 0) is 16.2 Å². The van der Waals surface area contributed by atoms with Crippen LogP contribution in [-0.4, -0.2) is 30.3 Å². The molecule has 9 heteroatoms. The third-order valence-electron chi connectivity index (χ3n) is 4.67. The fourth-order valence-electron chi connectivity index (χ4n) is 2.90. The lowest BCUT2D eigenvalue weighted by atomic mass is 10.1. The maximum absolute atomic E-state index is 11.8. The van der Waals surface area contributed by atoms with Crippen molar-refractivity contribution in [2.24, 2.45) is 5.16 Å². The van der Waals surface area contributed by atoms with Crippen LogP contribution in [0.3, 0.4) is 0 Å². The zero-order valence-corrected chi connectivity index (χ0v) is 18.8. The molecule has 3 rings (SSSR count). The molecule has 0 N–H and O–H groups in total. The van der Waals surface area contributed by atoms with E-state index in [1.807, 2.05) is 38.1 Å². The fraction of sp³-hybridized carbons (Fsp3) is 0.200. The molecule has 0 bridgehead atoms. The first-order chi connectivity index (χ1) is 16.5. The number of non-ortho nitro benzene ring substituents is 1. The molecule has 34 heavy (non-hydrogen) atoms. The molecule has 3 aromatic rings. The summed E-state index contributed by atoms with van der Waals surface area (Å²) in [6.45, 7) is 4.37. The highest BCUT2D eigenvalue weighted by atomic mass is 16.7. The Balaban J connectivity index is 1.54. The molecule has 0 heterocycles. The molecule has 0 aliphatic rings. The van der Waals surface area contributed by atoms with Crippen molar-refractivity contribution in [3.05, 3.63) is 93.5 Å². The van der Waals surface area contributed by atoms with Crippen molar-refractivity contribution in [2.45, 2.75) is 20.5 Å². The molecular weight excluding hydrogens is 440 g/mol. The van der Waals surface area contributed by atoms with Gasteiger partial charge in [0.05, 0.1) is 17.7 Å². The summed E-state index contributed by atoms with van der Waals surface area (Å²) in [7, 11) is 0. The van der Waals surface area contributed by atoms with E-state index in [-0.39, 0.29) is 5.69 Å². The van der Waals surface area contributed by atoms with Gasteiger partial charge in [0, 0.05) is 17.7 Å². The second kappa shape index (κ2) is 12.0. The second-order valence-electron chi connectivity index (χ2n) is 7.09. The maximum atomic E-state index is 11.8. The third kappa shape index (κ3) is 7.06. The van der Waals surface area contributed by atoms with Gasteiger partial charge in [0.2, 0.25) is 0 Å². The van der Waals surface area contributed by atoms with E-state index in [0.717, 1.165) is 11.1 Å². The molecule has 0 radical (unpaired) electrons. The van der Waals surface area contributed by atoms with Gasteiger partial charge in [0.25, 0.3) is 5.69 Å². The molecule has 9 nitrogen and oxygen atoms in total. The second-order valence-corrected chi connectivity index (χ2v) is 7.09. The number of rotatable bonds is 11. The number of carbonyl (C=O) groups is 1. The molecule has 0 fully saturated rings. The van der Waals surface area contributed by atoms with Crippen molar-refractivity contribution >= 4 is 17.9 Å². The van der Waals surface area contributed by atoms with Gasteiger partial charge in [-0.05, 0) is 55.3 Å². The summed E-state index contributed by atoms with van der Waals surface area (Å²) in [6.07, 6.45) is 1.37. The predicted octanol–water partition coefficient (Wildman–Crippen LogP) is 4.84. The van der Waals surface area contributed by atoms with Crippen molar-refractivity contribution in [1.82, 2.24) is 0 Å². The summed E-state index contributed by atoms with van der Waals surface area (Å²) in [5, 5.41) is 14.3. The Bertz CT molecular complexity index is 1160. The van der Waals surface area contributed by atoms with Gasteiger partial charge in [-0.25, -0.2) is 4.79 Å². The van der Waals surface area contributed by atoms with Crippen LogP contribution < -0.4 is 14.2 Å². The van der Waals surface area contributed by atoms with Crippen LogP contribution in [0.2, 0.25) is 0 Å². The van der Waals surface area contributed by atoms with Gasteiger partial charge in [0.15, 0.2) is 18.1 Å². The highest BCUT2D eigenvalue weighted by molar-refractivity contribution is 5.81. The van der Waals surface area contributed by atoms with E-state index in [0.29, 0.717) is 36.0 Å². The normalized spacial score (nSPS) is 10.6. The Morgan fingerprint density at radius 2 is 1.76 bits per heavy atom. The van der Waals surface area contributed by atoms with Crippen molar-refractivity contribution in [2.75, 3.05) is 13.2 Å². The van der Waals surface area contributed by atoms with Gasteiger partial charge in [-0.2, -0.15) is 0 Å². The van der Waals surface area contributed by atoms with Crippen LogP contribution in [0.15, 0.2) is 71.9 Å². The van der Waals surface area contributed by atoms with Gasteiger partial charge < -0.3 is 19.0 Å². The number of ether oxygens (including phenoxy) is 3. The number of nitrogens with zero attached hydrogens (tertiary/aromatic N) is 2. The van der Waals surface area contributed by atoms with Gasteiger partial charge >= 0.3 is 5.97 Å². The Morgan fingerprint density at radius 3 is 2.47 bits per heavy atom. The highest BCUT2D eigenvalue weighted by Gasteiger charge is 2.09. The molecule has 0 aromatic heterocycles. The van der Waals surface area contributed by atoms with Crippen molar-refractivity contribution < 1.29 is 28.8 Å². The molecular formula is C25H24N2O7. The average molecular weight is 464 g/mol. The van der Waals surface area contributed by atoms with Crippen molar-refractivity contribution in [3.63, 3.8) is 0 Å². The van der Waals surface area contributed by atoms with Gasteiger partial charge in [-0.1, -0.05) is 29.4 Å².